The van der Waals surface area contributed by atoms with Crippen LogP contribution in [0, 0.1) is 0 Å². The van der Waals surface area contributed by atoms with Crippen molar-refractivity contribution in [1.82, 2.24) is 10.3 Å². The van der Waals surface area contributed by atoms with Crippen molar-refractivity contribution in [3.05, 3.63) is 59.1 Å². The number of para-hydroxylation sites is 1. The van der Waals surface area contributed by atoms with Crippen molar-refractivity contribution in [2.75, 3.05) is 7.11 Å². The van der Waals surface area contributed by atoms with E-state index in [2.05, 4.69) is 10.3 Å². The number of hydrogen-bond donors (Lipinski definition) is 2. The van der Waals surface area contributed by atoms with Gasteiger partial charge in [0, 0.05) is 0 Å². The maximum absolute atomic E-state index is 12.4. The zero-order chi connectivity index (χ0) is 17.1. The minimum absolute atomic E-state index is 0.281. The third kappa shape index (κ3) is 3.39. The summed E-state index contributed by atoms with van der Waals surface area (Å²) in [5.41, 5.74) is 1.52. The molecule has 0 spiro atoms. The van der Waals surface area contributed by atoms with Crippen LogP contribution in [-0.4, -0.2) is 29.1 Å². The Bertz CT molecular complexity index is 812. The molecule has 0 fully saturated rings. The van der Waals surface area contributed by atoms with Crippen LogP contribution in [0.15, 0.2) is 48.5 Å². The van der Waals surface area contributed by atoms with Gasteiger partial charge in [0.25, 0.3) is 5.91 Å². The van der Waals surface area contributed by atoms with E-state index in [4.69, 9.17) is 4.74 Å². The second kappa shape index (κ2) is 6.98. The lowest BCUT2D eigenvalue weighted by Gasteiger charge is -2.20. The molecule has 0 aliphatic heterocycles. The number of nitrogens with one attached hydrogen (secondary N) is 1. The molecule has 0 radical (unpaired) electrons. The maximum Gasteiger partial charge on any atom is 0.280 e. The van der Waals surface area contributed by atoms with Crippen LogP contribution in [0.4, 0.5) is 0 Å². The number of thiazole rings is 1. The van der Waals surface area contributed by atoms with Crippen LogP contribution in [0.5, 0.6) is 5.75 Å². The zero-order valence-electron chi connectivity index (χ0n) is 13.4. The molecular formula is C18H18N2O3S. The summed E-state index contributed by atoms with van der Waals surface area (Å²) in [6.45, 7) is 1.76. The van der Waals surface area contributed by atoms with Gasteiger partial charge in [0.05, 0.1) is 29.5 Å². The predicted molar refractivity (Wildman–Crippen MR) is 94.5 cm³/mol. The van der Waals surface area contributed by atoms with Gasteiger partial charge in [-0.25, -0.2) is 4.98 Å². The number of benzene rings is 2. The van der Waals surface area contributed by atoms with E-state index >= 15 is 0 Å². The second-order valence-corrected chi connectivity index (χ2v) is 6.50. The molecule has 6 heteroatoms. The number of fused-ring (bicyclic) bond motifs is 1. The van der Waals surface area contributed by atoms with Crippen LogP contribution in [0.2, 0.25) is 0 Å². The number of aromatic nitrogens is 1. The fraction of sp³-hybridized carbons (Fsp3) is 0.222. The number of rotatable bonds is 5. The van der Waals surface area contributed by atoms with Crippen molar-refractivity contribution in [3.8, 4) is 5.75 Å². The van der Waals surface area contributed by atoms with E-state index in [1.165, 1.54) is 11.3 Å². The van der Waals surface area contributed by atoms with Gasteiger partial charge < -0.3 is 15.2 Å². The van der Waals surface area contributed by atoms with E-state index in [0.717, 1.165) is 16.0 Å². The van der Waals surface area contributed by atoms with E-state index in [0.29, 0.717) is 10.6 Å². The van der Waals surface area contributed by atoms with E-state index in [1.54, 1.807) is 38.3 Å². The van der Waals surface area contributed by atoms with Gasteiger partial charge in [0.1, 0.15) is 5.75 Å². The summed E-state index contributed by atoms with van der Waals surface area (Å²) in [4.78, 5) is 16.7. The first kappa shape index (κ1) is 16.4. The largest absolute Gasteiger partial charge is 0.497 e. The number of carbonyl (C=O) groups is 1. The van der Waals surface area contributed by atoms with Gasteiger partial charge in [-0.2, -0.15) is 0 Å². The Hall–Kier alpha value is -2.44. The Labute approximate surface area is 143 Å². The Kier molecular flexibility index (Phi) is 4.78. The van der Waals surface area contributed by atoms with Gasteiger partial charge in [0.2, 0.25) is 0 Å². The maximum atomic E-state index is 12.4. The zero-order valence-corrected chi connectivity index (χ0v) is 14.2. The third-order valence-corrected chi connectivity index (χ3v) is 4.81. The standard InChI is InChI=1S/C18H18N2O3S/c1-11(16(21)12-7-9-13(23-2)10-8-12)19-17(22)18-20-14-5-3-4-6-15(14)24-18/h3-11,16,21H,1-2H3,(H,19,22). The molecule has 0 saturated heterocycles. The van der Waals surface area contributed by atoms with Crippen molar-refractivity contribution in [1.29, 1.82) is 0 Å². The van der Waals surface area contributed by atoms with Gasteiger partial charge in [-0.1, -0.05) is 24.3 Å². The van der Waals surface area contributed by atoms with Crippen LogP contribution in [-0.2, 0) is 0 Å². The summed E-state index contributed by atoms with van der Waals surface area (Å²) in [5, 5.41) is 13.6. The first-order valence-electron chi connectivity index (χ1n) is 7.57. The van der Waals surface area contributed by atoms with E-state index in [9.17, 15) is 9.90 Å². The van der Waals surface area contributed by atoms with Crippen molar-refractivity contribution in [2.24, 2.45) is 0 Å². The lowest BCUT2D eigenvalue weighted by molar-refractivity contribution is 0.0852. The van der Waals surface area contributed by atoms with E-state index in [-0.39, 0.29) is 5.91 Å². The van der Waals surface area contributed by atoms with Crippen LogP contribution < -0.4 is 10.1 Å². The topological polar surface area (TPSA) is 71.5 Å². The molecule has 0 aliphatic carbocycles. The molecule has 2 atom stereocenters. The first-order chi connectivity index (χ1) is 11.6. The predicted octanol–water partition coefficient (Wildman–Crippen LogP) is 3.16. The molecule has 2 aromatic carbocycles. The highest BCUT2D eigenvalue weighted by Crippen LogP contribution is 2.23. The molecule has 3 aromatic rings. The summed E-state index contributed by atoms with van der Waals surface area (Å²) in [5.74, 6) is 0.438. The Morgan fingerprint density at radius 2 is 1.92 bits per heavy atom. The van der Waals surface area contributed by atoms with Crippen LogP contribution in [0.25, 0.3) is 10.2 Å². The molecule has 1 amide bonds. The monoisotopic (exact) mass is 342 g/mol. The highest BCUT2D eigenvalue weighted by atomic mass is 32.1. The number of aliphatic hydroxyl groups is 1. The fourth-order valence-electron chi connectivity index (χ4n) is 2.41. The highest BCUT2D eigenvalue weighted by molar-refractivity contribution is 7.20. The number of methoxy groups -OCH3 is 1. The molecule has 1 aromatic heterocycles. The Morgan fingerprint density at radius 3 is 2.58 bits per heavy atom. The minimum atomic E-state index is -0.811. The number of carbonyl (C=O) groups excluding carboxylic acids is 1. The van der Waals surface area contributed by atoms with Crippen molar-refractivity contribution in [3.63, 3.8) is 0 Å². The smallest absolute Gasteiger partial charge is 0.280 e. The SMILES string of the molecule is COc1ccc(C(O)C(C)NC(=O)c2nc3ccccc3s2)cc1. The lowest BCUT2D eigenvalue weighted by Crippen LogP contribution is -2.37. The Balaban J connectivity index is 1.70. The molecule has 0 saturated carbocycles. The normalized spacial score (nSPS) is 13.5. The highest BCUT2D eigenvalue weighted by Gasteiger charge is 2.21. The second-order valence-electron chi connectivity index (χ2n) is 5.47. The summed E-state index contributed by atoms with van der Waals surface area (Å²) in [6.07, 6.45) is -0.811. The van der Waals surface area contributed by atoms with E-state index in [1.807, 2.05) is 24.3 Å². The number of nitrogens with zero attached hydrogens (tertiary/aromatic N) is 1. The molecule has 2 N–H and O–H groups in total. The van der Waals surface area contributed by atoms with Crippen molar-refractivity contribution in [2.45, 2.75) is 19.1 Å². The lowest BCUT2D eigenvalue weighted by atomic mass is 10.0. The molecular weight excluding hydrogens is 324 g/mol. The van der Waals surface area contributed by atoms with E-state index < -0.39 is 12.1 Å². The summed E-state index contributed by atoms with van der Waals surface area (Å²) in [7, 11) is 1.59. The average molecular weight is 342 g/mol. The summed E-state index contributed by atoms with van der Waals surface area (Å²) < 4.78 is 6.07. The van der Waals surface area contributed by atoms with Gasteiger partial charge in [-0.3, -0.25) is 4.79 Å². The van der Waals surface area contributed by atoms with Crippen molar-refractivity contribution >= 4 is 27.5 Å². The van der Waals surface area contributed by atoms with Crippen LogP contribution >= 0.6 is 11.3 Å². The molecule has 1 heterocycles. The Morgan fingerprint density at radius 1 is 1.21 bits per heavy atom. The molecule has 3 rings (SSSR count). The molecule has 124 valence electrons. The quantitative estimate of drug-likeness (QED) is 0.747. The summed E-state index contributed by atoms with van der Waals surface area (Å²) in [6, 6.07) is 14.3. The molecule has 5 nitrogen and oxygen atoms in total. The van der Waals surface area contributed by atoms with Gasteiger partial charge in [-0.05, 0) is 36.8 Å². The average Bonchev–Trinajstić information content (AvgIpc) is 3.05. The third-order valence-electron chi connectivity index (χ3n) is 3.78. The molecule has 0 bridgehead atoms. The van der Waals surface area contributed by atoms with Crippen molar-refractivity contribution < 1.29 is 14.6 Å². The molecule has 24 heavy (non-hydrogen) atoms. The molecule has 2 unspecified atom stereocenters. The number of hydrogen-bond acceptors (Lipinski definition) is 5. The van der Waals surface area contributed by atoms with Gasteiger partial charge in [0.15, 0.2) is 5.01 Å². The number of aliphatic hydroxyl groups excluding tert-OH is 1. The first-order valence-corrected chi connectivity index (χ1v) is 8.38. The minimum Gasteiger partial charge on any atom is -0.497 e. The summed E-state index contributed by atoms with van der Waals surface area (Å²) >= 11 is 1.34. The molecule has 0 aliphatic rings. The van der Waals surface area contributed by atoms with Gasteiger partial charge >= 0.3 is 0 Å². The van der Waals surface area contributed by atoms with Crippen LogP contribution in [0.3, 0.4) is 0 Å². The van der Waals surface area contributed by atoms with Crippen LogP contribution in [0.1, 0.15) is 28.4 Å². The number of ether oxygens (including phenoxy) is 1. The number of amides is 1. The van der Waals surface area contributed by atoms with Gasteiger partial charge in [-0.15, -0.1) is 11.3 Å². The fourth-order valence-corrected chi connectivity index (χ4v) is 3.28.